The lowest BCUT2D eigenvalue weighted by atomic mass is 9.95. The van der Waals surface area contributed by atoms with E-state index in [1.807, 2.05) is 20.8 Å². The summed E-state index contributed by atoms with van der Waals surface area (Å²) >= 11 is 4.99. The molecule has 0 saturated heterocycles. The molecule has 0 radical (unpaired) electrons. The average molecular weight is 332 g/mol. The van der Waals surface area contributed by atoms with Crippen molar-refractivity contribution in [3.8, 4) is 0 Å². The van der Waals surface area contributed by atoms with E-state index in [9.17, 15) is 4.39 Å². The monoisotopic (exact) mass is 331 g/mol. The summed E-state index contributed by atoms with van der Waals surface area (Å²) in [6.07, 6.45) is 1.44. The van der Waals surface area contributed by atoms with E-state index in [0.29, 0.717) is 17.2 Å². The van der Waals surface area contributed by atoms with Gasteiger partial charge in [-0.15, -0.1) is 11.8 Å². The molecule has 0 saturated carbocycles. The second-order valence-electron chi connectivity index (χ2n) is 5.06. The molecule has 1 aliphatic heterocycles. The third-order valence-corrected chi connectivity index (χ3v) is 5.16. The Morgan fingerprint density at radius 3 is 2.72 bits per heavy atom. The van der Waals surface area contributed by atoms with E-state index in [2.05, 4.69) is 25.9 Å². The van der Waals surface area contributed by atoms with E-state index >= 15 is 0 Å². The van der Waals surface area contributed by atoms with Crippen molar-refractivity contribution in [2.45, 2.75) is 31.1 Å². The Bertz CT molecular complexity index is 518. The first-order valence-corrected chi connectivity index (χ1v) is 7.34. The van der Waals surface area contributed by atoms with Crippen LogP contribution in [-0.2, 0) is 5.54 Å². The number of nitrogens with zero attached hydrogens (tertiary/aromatic N) is 2. The number of aliphatic imine (C=N–C) groups is 1. The van der Waals surface area contributed by atoms with Gasteiger partial charge in [0.2, 0.25) is 5.95 Å². The summed E-state index contributed by atoms with van der Waals surface area (Å²) < 4.78 is 14.4. The van der Waals surface area contributed by atoms with Gasteiger partial charge in [-0.2, -0.15) is 4.39 Å². The highest BCUT2D eigenvalue weighted by atomic mass is 79.9. The second-order valence-corrected chi connectivity index (χ2v) is 7.58. The lowest BCUT2D eigenvalue weighted by molar-refractivity contribution is 0.483. The van der Waals surface area contributed by atoms with E-state index in [-0.39, 0.29) is 4.75 Å². The van der Waals surface area contributed by atoms with Gasteiger partial charge in [-0.25, -0.2) is 4.98 Å². The molecular weight excluding hydrogens is 317 g/mol. The molecule has 1 atom stereocenters. The number of nitrogens with two attached hydrogens (primary N) is 1. The highest BCUT2D eigenvalue weighted by Crippen LogP contribution is 2.41. The summed E-state index contributed by atoms with van der Waals surface area (Å²) in [4.78, 5) is 8.24. The summed E-state index contributed by atoms with van der Waals surface area (Å²) in [5, 5.41) is 0. The molecule has 2 rings (SSSR count). The molecule has 0 aromatic carbocycles. The molecule has 2 heterocycles. The lowest BCUT2D eigenvalue weighted by Crippen LogP contribution is -2.44. The number of aromatic nitrogens is 1. The standard InChI is InChI=1S/C12H15BrFN3S/c1-11(2)10(15)17-12(3,6-18-11)8-4-7(13)5-16-9(8)14/h4-5H,6H2,1-3H3,(H2,15,17)/t12-/m0/s1. The van der Waals surface area contributed by atoms with Crippen LogP contribution in [0.25, 0.3) is 0 Å². The SMILES string of the molecule is CC1(C)SC[C@@](C)(c2cc(Br)cnc2F)N=C1N. The Kier molecular flexibility index (Phi) is 3.44. The molecule has 1 aromatic rings. The lowest BCUT2D eigenvalue weighted by Gasteiger charge is -2.37. The molecule has 0 aliphatic carbocycles. The zero-order valence-electron chi connectivity index (χ0n) is 10.5. The van der Waals surface area contributed by atoms with Gasteiger partial charge in [0.1, 0.15) is 5.84 Å². The quantitative estimate of drug-likeness (QED) is 0.804. The minimum absolute atomic E-state index is 0.199. The van der Waals surface area contributed by atoms with Gasteiger partial charge in [0.25, 0.3) is 0 Å². The third kappa shape index (κ3) is 2.40. The van der Waals surface area contributed by atoms with Gasteiger partial charge in [-0.1, -0.05) is 0 Å². The zero-order chi connectivity index (χ0) is 13.6. The highest BCUT2D eigenvalue weighted by molar-refractivity contribution is 9.10. The molecule has 3 nitrogen and oxygen atoms in total. The molecule has 0 bridgehead atoms. The molecule has 1 aliphatic rings. The minimum atomic E-state index is -0.662. The van der Waals surface area contributed by atoms with Gasteiger partial charge >= 0.3 is 0 Å². The molecular formula is C12H15BrFN3S. The maximum absolute atomic E-state index is 13.9. The predicted octanol–water partition coefficient (Wildman–Crippen LogP) is 3.08. The fourth-order valence-electron chi connectivity index (χ4n) is 1.77. The van der Waals surface area contributed by atoms with E-state index in [1.54, 1.807) is 17.8 Å². The van der Waals surface area contributed by atoms with E-state index in [0.717, 1.165) is 4.47 Å². The number of hydrogen-bond donors (Lipinski definition) is 1. The van der Waals surface area contributed by atoms with Gasteiger partial charge in [0.05, 0.1) is 10.3 Å². The third-order valence-electron chi connectivity index (χ3n) is 3.08. The number of thioether (sulfide) groups is 1. The largest absolute Gasteiger partial charge is 0.386 e. The van der Waals surface area contributed by atoms with Crippen LogP contribution in [-0.4, -0.2) is 21.3 Å². The van der Waals surface area contributed by atoms with Gasteiger partial charge in [0.15, 0.2) is 0 Å². The molecule has 98 valence electrons. The van der Waals surface area contributed by atoms with Crippen LogP contribution in [0.15, 0.2) is 21.7 Å². The number of hydrogen-bond acceptors (Lipinski definition) is 4. The fourth-order valence-corrected chi connectivity index (χ4v) is 3.15. The average Bonchev–Trinajstić information content (AvgIpc) is 2.28. The Morgan fingerprint density at radius 1 is 1.44 bits per heavy atom. The van der Waals surface area contributed by atoms with Crippen molar-refractivity contribution < 1.29 is 4.39 Å². The molecule has 0 unspecified atom stereocenters. The van der Waals surface area contributed by atoms with Crippen LogP contribution < -0.4 is 5.73 Å². The Labute approximate surface area is 119 Å². The van der Waals surface area contributed by atoms with Crippen molar-refractivity contribution in [1.29, 1.82) is 0 Å². The first-order chi connectivity index (χ1) is 8.24. The molecule has 0 spiro atoms. The molecule has 18 heavy (non-hydrogen) atoms. The van der Waals surface area contributed by atoms with Crippen LogP contribution in [0.3, 0.4) is 0 Å². The molecule has 6 heteroatoms. The predicted molar refractivity (Wildman–Crippen MR) is 77.4 cm³/mol. The summed E-state index contributed by atoms with van der Waals surface area (Å²) in [6.45, 7) is 5.92. The van der Waals surface area contributed by atoms with E-state index < -0.39 is 11.5 Å². The topological polar surface area (TPSA) is 51.3 Å². The zero-order valence-corrected chi connectivity index (χ0v) is 12.9. The molecule has 0 fully saturated rings. The normalized spacial score (nSPS) is 26.8. The van der Waals surface area contributed by atoms with Crippen LogP contribution in [0.1, 0.15) is 26.3 Å². The summed E-state index contributed by atoms with van der Waals surface area (Å²) in [5.74, 6) is 0.730. The first-order valence-electron chi connectivity index (χ1n) is 5.56. The summed E-state index contributed by atoms with van der Waals surface area (Å²) in [7, 11) is 0. The van der Waals surface area contributed by atoms with E-state index in [1.165, 1.54) is 6.20 Å². The first kappa shape index (κ1) is 13.8. The Hall–Kier alpha value is -0.620. The van der Waals surface area contributed by atoms with Crippen molar-refractivity contribution >= 4 is 33.5 Å². The van der Waals surface area contributed by atoms with Crippen molar-refractivity contribution in [2.75, 3.05) is 5.75 Å². The highest BCUT2D eigenvalue weighted by Gasteiger charge is 2.39. The summed E-state index contributed by atoms with van der Waals surface area (Å²) in [5.41, 5.74) is 5.80. The number of amidine groups is 1. The van der Waals surface area contributed by atoms with Crippen LogP contribution >= 0.6 is 27.7 Å². The minimum Gasteiger partial charge on any atom is -0.386 e. The molecule has 0 amide bonds. The van der Waals surface area contributed by atoms with Crippen molar-refractivity contribution in [2.24, 2.45) is 10.7 Å². The molecule has 2 N–H and O–H groups in total. The van der Waals surface area contributed by atoms with Crippen molar-refractivity contribution in [3.05, 3.63) is 28.2 Å². The van der Waals surface area contributed by atoms with Gasteiger partial charge in [0, 0.05) is 22.0 Å². The Morgan fingerprint density at radius 2 is 2.11 bits per heavy atom. The second kappa shape index (κ2) is 4.49. The van der Waals surface area contributed by atoms with Crippen molar-refractivity contribution in [1.82, 2.24) is 4.98 Å². The van der Waals surface area contributed by atoms with Crippen molar-refractivity contribution in [3.63, 3.8) is 0 Å². The van der Waals surface area contributed by atoms with Crippen LogP contribution in [0, 0.1) is 5.95 Å². The van der Waals surface area contributed by atoms with Gasteiger partial charge < -0.3 is 5.73 Å². The number of pyridine rings is 1. The Balaban J connectivity index is 2.50. The maximum atomic E-state index is 13.9. The van der Waals surface area contributed by atoms with Crippen LogP contribution in [0.5, 0.6) is 0 Å². The van der Waals surface area contributed by atoms with Gasteiger partial charge in [-0.05, 0) is 42.8 Å². The smallest absolute Gasteiger partial charge is 0.218 e. The number of rotatable bonds is 1. The van der Waals surface area contributed by atoms with Crippen LogP contribution in [0.4, 0.5) is 4.39 Å². The van der Waals surface area contributed by atoms with E-state index in [4.69, 9.17) is 5.73 Å². The summed E-state index contributed by atoms with van der Waals surface area (Å²) in [6, 6.07) is 1.72. The number of halogens is 2. The van der Waals surface area contributed by atoms with Gasteiger partial charge in [-0.3, -0.25) is 4.99 Å². The fraction of sp³-hybridized carbons (Fsp3) is 0.500. The maximum Gasteiger partial charge on any atom is 0.218 e. The van der Waals surface area contributed by atoms with Crippen LogP contribution in [0.2, 0.25) is 0 Å². The molecule has 1 aromatic heterocycles.